The minimum absolute atomic E-state index is 0.0122. The van der Waals surface area contributed by atoms with Gasteiger partial charge in [0, 0.05) is 51.3 Å². The van der Waals surface area contributed by atoms with Gasteiger partial charge in [-0.05, 0) is 118 Å². The summed E-state index contributed by atoms with van der Waals surface area (Å²) in [6.07, 6.45) is -2.40. The molecule has 1 N–H and O–H groups in total. The third-order valence-corrected chi connectivity index (χ3v) is 13.6. The number of halogens is 1. The molecule has 77 heavy (non-hydrogen) atoms. The van der Waals surface area contributed by atoms with Crippen molar-refractivity contribution >= 4 is 72.0 Å². The SMILES string of the molecule is CCOc1cc(=O)c2ccc(OC)c(C)c2[nH]1.CCOc1cc(O[C@@H]2C[C@@H](C(=O)OC)N(C(=O)OC(C)(C)C)C2)c2ccc(OC)c(C)c2n1.COC(=O)[C@@H]1C[C@H](OS(=O)(=O)c2ccc(Br)cc2)CN1C(=O)OC(C)(C)C. The zero-order valence-electron chi connectivity index (χ0n) is 45.9. The number of esters is 2. The Kier molecular flexibility index (Phi) is 20.6. The summed E-state index contributed by atoms with van der Waals surface area (Å²) in [6, 6.07) is 14.7. The summed E-state index contributed by atoms with van der Waals surface area (Å²) in [7, 11) is 1.66. The lowest BCUT2D eigenvalue weighted by Gasteiger charge is -2.27. The molecule has 2 aliphatic rings. The van der Waals surface area contributed by atoms with E-state index < -0.39 is 69.7 Å². The zero-order valence-corrected chi connectivity index (χ0v) is 48.3. The second-order valence-electron chi connectivity index (χ2n) is 19.6. The number of carbonyl (C=O) groups excluding carboxylic acids is 4. The fourth-order valence-corrected chi connectivity index (χ4v) is 9.64. The van der Waals surface area contributed by atoms with Crippen LogP contribution in [0.25, 0.3) is 21.8 Å². The van der Waals surface area contributed by atoms with Crippen LogP contribution in [0.2, 0.25) is 0 Å². The van der Waals surface area contributed by atoms with Crippen LogP contribution in [0.1, 0.15) is 79.4 Å². The highest BCUT2D eigenvalue weighted by atomic mass is 79.9. The van der Waals surface area contributed by atoms with E-state index in [2.05, 4.69) is 25.9 Å². The summed E-state index contributed by atoms with van der Waals surface area (Å²) in [5.74, 6) is 1.74. The number of aromatic amines is 1. The van der Waals surface area contributed by atoms with Gasteiger partial charge in [0.25, 0.3) is 10.1 Å². The van der Waals surface area contributed by atoms with Crippen molar-refractivity contribution in [2.75, 3.05) is 54.7 Å². The molecule has 0 saturated carbocycles. The van der Waals surface area contributed by atoms with Crippen molar-refractivity contribution in [2.24, 2.45) is 0 Å². The number of fused-ring (bicyclic) bond motifs is 2. The molecule has 0 unspecified atom stereocenters. The highest BCUT2D eigenvalue weighted by molar-refractivity contribution is 9.10. The number of likely N-dealkylation sites (tertiary alicyclic amines) is 2. The van der Waals surface area contributed by atoms with Crippen molar-refractivity contribution in [3.63, 3.8) is 0 Å². The van der Waals surface area contributed by atoms with Crippen molar-refractivity contribution in [1.82, 2.24) is 19.8 Å². The topological polar surface area (TPSA) is 247 Å². The van der Waals surface area contributed by atoms with Crippen LogP contribution in [0.4, 0.5) is 9.59 Å². The summed E-state index contributed by atoms with van der Waals surface area (Å²) in [4.78, 5) is 71.7. The summed E-state index contributed by atoms with van der Waals surface area (Å²) < 4.78 is 79.3. The van der Waals surface area contributed by atoms with Crippen LogP contribution in [0, 0.1) is 13.8 Å². The number of methoxy groups -OCH3 is 4. The Labute approximate surface area is 456 Å². The molecule has 3 aromatic carbocycles. The number of aromatic nitrogens is 2. The number of benzene rings is 3. The zero-order chi connectivity index (χ0) is 57.2. The van der Waals surface area contributed by atoms with Crippen molar-refractivity contribution in [2.45, 2.75) is 122 Å². The van der Waals surface area contributed by atoms with E-state index in [0.717, 1.165) is 37.2 Å². The molecule has 0 radical (unpaired) electrons. The standard InChI is InChI=1S/C24H32N2O7.C17H22BrNO7S.C13H15NO3/c1-8-31-20-12-19(16-9-10-18(29-6)14(2)21(16)25-20)32-15-11-17(22(27)30-7)26(13-15)23(28)33-24(3,4)5;1-17(2,3)25-16(21)19-10-12(9-14(19)15(20)24-4)26-27(22,23)13-7-5-11(18)6-8-13;1-4-17-12-7-10(15)9-5-6-11(16-3)8(2)13(9)14-12/h9-10,12,15,17H,8,11,13H2,1-7H3;5-8,12,14H,9-10H2,1-4H3;5-7H,4H2,1-3H3,(H,14,15)/t15-,17+;12-,14-;/m10./s1. The predicted octanol–water partition coefficient (Wildman–Crippen LogP) is 8.83. The normalized spacial score (nSPS) is 17.3. The Balaban J connectivity index is 0.000000223. The smallest absolute Gasteiger partial charge is 0.411 e. The van der Waals surface area contributed by atoms with Gasteiger partial charge in [-0.1, -0.05) is 15.9 Å². The fraction of sp³-hybridized carbons (Fsp3) is 0.481. The largest absolute Gasteiger partial charge is 0.496 e. The van der Waals surface area contributed by atoms with Gasteiger partial charge < -0.3 is 47.6 Å². The maximum atomic E-state index is 12.8. The highest BCUT2D eigenvalue weighted by Gasteiger charge is 2.45. The molecule has 2 aromatic heterocycles. The quantitative estimate of drug-likeness (QED) is 0.0657. The Morgan fingerprint density at radius 1 is 0.688 bits per heavy atom. The van der Waals surface area contributed by atoms with E-state index >= 15 is 0 Å². The summed E-state index contributed by atoms with van der Waals surface area (Å²) >= 11 is 3.23. The van der Waals surface area contributed by atoms with E-state index in [4.69, 9.17) is 46.8 Å². The highest BCUT2D eigenvalue weighted by Crippen LogP contribution is 2.37. The number of pyridine rings is 2. The molecule has 23 heteroatoms. The van der Waals surface area contributed by atoms with Crippen LogP contribution < -0.4 is 29.1 Å². The predicted molar refractivity (Wildman–Crippen MR) is 289 cm³/mol. The van der Waals surface area contributed by atoms with E-state index in [1.165, 1.54) is 37.3 Å². The van der Waals surface area contributed by atoms with Gasteiger partial charge in [-0.25, -0.2) is 24.2 Å². The lowest BCUT2D eigenvalue weighted by Crippen LogP contribution is -2.44. The Morgan fingerprint density at radius 2 is 1.19 bits per heavy atom. The monoisotopic (exact) mass is 1160 g/mol. The van der Waals surface area contributed by atoms with Gasteiger partial charge in [0.1, 0.15) is 46.6 Å². The first-order valence-electron chi connectivity index (χ1n) is 24.6. The first kappa shape index (κ1) is 61.0. The lowest BCUT2D eigenvalue weighted by molar-refractivity contribution is -0.146. The van der Waals surface area contributed by atoms with Crippen molar-refractivity contribution in [3.8, 4) is 29.0 Å². The van der Waals surface area contributed by atoms with Gasteiger partial charge in [0.15, 0.2) is 11.3 Å². The first-order valence-corrected chi connectivity index (χ1v) is 26.8. The van der Waals surface area contributed by atoms with Gasteiger partial charge in [0.2, 0.25) is 5.88 Å². The first-order chi connectivity index (χ1) is 36.2. The van der Waals surface area contributed by atoms with E-state index in [-0.39, 0.29) is 36.3 Å². The molecule has 4 heterocycles. The van der Waals surface area contributed by atoms with Gasteiger partial charge in [0.05, 0.1) is 76.8 Å². The molecule has 2 fully saturated rings. The molecule has 0 spiro atoms. The third kappa shape index (κ3) is 15.9. The van der Waals surface area contributed by atoms with Crippen molar-refractivity contribution in [3.05, 3.63) is 86.5 Å². The fourth-order valence-electron chi connectivity index (χ4n) is 8.30. The number of nitrogens with one attached hydrogen (secondary N) is 1. The molecule has 0 bridgehead atoms. The van der Waals surface area contributed by atoms with Gasteiger partial charge >= 0.3 is 24.1 Å². The number of amides is 2. The number of aryl methyl sites for hydroxylation is 2. The lowest BCUT2D eigenvalue weighted by atomic mass is 10.1. The molecule has 21 nitrogen and oxygen atoms in total. The van der Waals surface area contributed by atoms with Crippen LogP contribution >= 0.6 is 15.9 Å². The minimum atomic E-state index is -4.05. The molecule has 5 aromatic rings. The van der Waals surface area contributed by atoms with Gasteiger partial charge in [-0.2, -0.15) is 8.42 Å². The Bertz CT molecular complexity index is 3080. The van der Waals surface area contributed by atoms with Crippen LogP contribution in [-0.4, -0.2) is 143 Å². The van der Waals surface area contributed by atoms with Crippen LogP contribution in [0.15, 0.2) is 74.8 Å². The van der Waals surface area contributed by atoms with E-state index in [1.54, 1.807) is 86.1 Å². The molecule has 0 aliphatic carbocycles. The van der Waals surface area contributed by atoms with Gasteiger partial charge in [-0.3, -0.25) is 18.8 Å². The third-order valence-electron chi connectivity index (χ3n) is 11.7. The molecule has 2 aliphatic heterocycles. The van der Waals surface area contributed by atoms with Crippen molar-refractivity contribution in [1.29, 1.82) is 0 Å². The average molecular weight is 1160 g/mol. The molecule has 2 saturated heterocycles. The Hall–Kier alpha value is -6.85. The molecule has 420 valence electrons. The summed E-state index contributed by atoms with van der Waals surface area (Å²) in [5, 5.41) is 1.42. The number of hydrogen-bond donors (Lipinski definition) is 1. The number of nitrogens with zero attached hydrogens (tertiary/aromatic N) is 3. The molecule has 4 atom stereocenters. The van der Waals surface area contributed by atoms with Crippen molar-refractivity contribution < 1.29 is 74.4 Å². The van der Waals surface area contributed by atoms with Crippen LogP contribution in [0.3, 0.4) is 0 Å². The number of H-pyrrole nitrogens is 1. The molecular formula is C54H69BrN4O17S. The molecular weight excluding hydrogens is 1090 g/mol. The summed E-state index contributed by atoms with van der Waals surface area (Å²) in [6.45, 7) is 19.0. The number of carbonyl (C=O) groups is 4. The maximum absolute atomic E-state index is 12.8. The van der Waals surface area contributed by atoms with E-state index in [0.29, 0.717) is 47.4 Å². The van der Waals surface area contributed by atoms with Gasteiger partial charge in [-0.15, -0.1) is 0 Å². The molecule has 2 amide bonds. The molecule has 7 rings (SSSR count). The van der Waals surface area contributed by atoms with E-state index in [1.807, 2.05) is 39.8 Å². The van der Waals surface area contributed by atoms with E-state index in [9.17, 15) is 32.4 Å². The summed E-state index contributed by atoms with van der Waals surface area (Å²) in [5.41, 5.74) is 1.72. The Morgan fingerprint density at radius 3 is 1.70 bits per heavy atom. The average Bonchev–Trinajstić information content (AvgIpc) is 3.99. The second kappa shape index (κ2) is 26.0. The minimum Gasteiger partial charge on any atom is -0.496 e. The number of rotatable bonds is 13. The second-order valence-corrected chi connectivity index (χ2v) is 22.1. The number of hydrogen-bond acceptors (Lipinski definition) is 18. The van der Waals surface area contributed by atoms with Crippen LogP contribution in [-0.2, 0) is 42.8 Å². The van der Waals surface area contributed by atoms with Crippen LogP contribution in [0.5, 0.6) is 29.0 Å². The number of ether oxygens (including phenoxy) is 9. The maximum Gasteiger partial charge on any atom is 0.411 e.